The molecule has 1 aliphatic carbocycles. The van der Waals surface area contributed by atoms with Crippen molar-refractivity contribution >= 4 is 7.85 Å². The number of hydrogen-bond acceptors (Lipinski definition) is 1. The summed E-state index contributed by atoms with van der Waals surface area (Å²) in [6.45, 7) is 9.46. The van der Waals surface area contributed by atoms with Crippen molar-refractivity contribution in [2.45, 2.75) is 25.1 Å². The third kappa shape index (κ3) is 3.10. The van der Waals surface area contributed by atoms with E-state index < -0.39 is 0 Å². The maximum absolute atomic E-state index is 3.79. The summed E-state index contributed by atoms with van der Waals surface area (Å²) in [4.78, 5) is 2.36. The number of hydrogen-bond donors (Lipinski definition) is 0. The van der Waals surface area contributed by atoms with Gasteiger partial charge < -0.3 is 4.90 Å². The van der Waals surface area contributed by atoms with Gasteiger partial charge in [0.2, 0.25) is 0 Å². The predicted molar refractivity (Wildman–Crippen MR) is 66.2 cm³/mol. The maximum Gasteiger partial charge on any atom is 0.105 e. The SMILES string of the molecule is BC1CCC=C(N(CC=C)CC=C)C1. The molecule has 0 aliphatic heterocycles. The first-order chi connectivity index (χ1) is 6.77. The molecule has 2 heteroatoms. The van der Waals surface area contributed by atoms with Crippen LogP contribution >= 0.6 is 0 Å². The summed E-state index contributed by atoms with van der Waals surface area (Å²) in [6.07, 6.45) is 10.1. The Bertz CT molecular complexity index is 222. The van der Waals surface area contributed by atoms with E-state index >= 15 is 0 Å². The van der Waals surface area contributed by atoms with Gasteiger partial charge in [0.05, 0.1) is 0 Å². The highest BCUT2D eigenvalue weighted by Crippen LogP contribution is 2.27. The van der Waals surface area contributed by atoms with E-state index in [-0.39, 0.29) is 0 Å². The third-order valence-electron chi connectivity index (χ3n) is 2.70. The van der Waals surface area contributed by atoms with Crippen LogP contribution in [0.2, 0.25) is 5.82 Å². The molecular weight excluding hydrogens is 169 g/mol. The Morgan fingerprint density at radius 2 is 2.07 bits per heavy atom. The molecule has 1 rings (SSSR count). The lowest BCUT2D eigenvalue weighted by Gasteiger charge is -2.30. The fraction of sp³-hybridized carbons (Fsp3) is 0.500. The van der Waals surface area contributed by atoms with Crippen LogP contribution in [0.25, 0.3) is 0 Å². The van der Waals surface area contributed by atoms with Gasteiger partial charge in [-0.05, 0) is 12.8 Å². The molecule has 0 saturated carbocycles. The van der Waals surface area contributed by atoms with Gasteiger partial charge >= 0.3 is 0 Å². The Kier molecular flexibility index (Phi) is 4.58. The zero-order valence-electron chi connectivity index (χ0n) is 9.21. The zero-order valence-corrected chi connectivity index (χ0v) is 9.21. The minimum Gasteiger partial charge on any atom is -0.368 e. The molecule has 0 aromatic rings. The van der Waals surface area contributed by atoms with Crippen molar-refractivity contribution in [2.24, 2.45) is 0 Å². The topological polar surface area (TPSA) is 3.24 Å². The largest absolute Gasteiger partial charge is 0.368 e. The second-order valence-electron chi connectivity index (χ2n) is 4.06. The van der Waals surface area contributed by atoms with Crippen LogP contribution in [0.4, 0.5) is 0 Å². The van der Waals surface area contributed by atoms with Gasteiger partial charge in [-0.3, -0.25) is 0 Å². The first-order valence-corrected chi connectivity index (χ1v) is 5.43. The van der Waals surface area contributed by atoms with E-state index in [2.05, 4.69) is 32.0 Å². The van der Waals surface area contributed by atoms with Gasteiger partial charge in [0, 0.05) is 18.8 Å². The van der Waals surface area contributed by atoms with Gasteiger partial charge in [0.1, 0.15) is 7.85 Å². The summed E-state index contributed by atoms with van der Waals surface area (Å²) in [6, 6.07) is 0. The van der Waals surface area contributed by atoms with Gasteiger partial charge in [-0.15, -0.1) is 13.2 Å². The average molecular weight is 189 g/mol. The highest BCUT2D eigenvalue weighted by molar-refractivity contribution is 6.11. The number of rotatable bonds is 5. The monoisotopic (exact) mass is 189 g/mol. The zero-order chi connectivity index (χ0) is 10.4. The minimum absolute atomic E-state index is 0.826. The molecule has 0 radical (unpaired) electrons. The smallest absolute Gasteiger partial charge is 0.105 e. The molecule has 76 valence electrons. The van der Waals surface area contributed by atoms with Gasteiger partial charge in [-0.2, -0.15) is 0 Å². The Balaban J connectivity index is 2.61. The lowest BCUT2D eigenvalue weighted by molar-refractivity contribution is 0.389. The molecule has 0 aromatic heterocycles. The van der Waals surface area contributed by atoms with Crippen molar-refractivity contribution in [2.75, 3.05) is 13.1 Å². The second kappa shape index (κ2) is 5.74. The Morgan fingerprint density at radius 3 is 2.57 bits per heavy atom. The number of allylic oxidation sites excluding steroid dienone is 2. The van der Waals surface area contributed by atoms with Crippen molar-refractivity contribution in [1.29, 1.82) is 0 Å². The Morgan fingerprint density at radius 1 is 1.43 bits per heavy atom. The predicted octanol–water partition coefficient (Wildman–Crippen LogP) is 2.15. The highest BCUT2D eigenvalue weighted by atomic mass is 15.1. The summed E-state index contributed by atoms with van der Waals surface area (Å²) in [5.74, 6) is 0.826. The van der Waals surface area contributed by atoms with Crippen LogP contribution in [0.5, 0.6) is 0 Å². The molecule has 14 heavy (non-hydrogen) atoms. The normalized spacial score (nSPS) is 21.1. The molecule has 0 aromatic carbocycles. The van der Waals surface area contributed by atoms with Gasteiger partial charge in [0.15, 0.2) is 0 Å². The summed E-state index contributed by atoms with van der Waals surface area (Å²) in [5, 5.41) is 0. The minimum atomic E-state index is 0.826. The average Bonchev–Trinajstić information content (AvgIpc) is 2.17. The highest BCUT2D eigenvalue weighted by Gasteiger charge is 2.14. The van der Waals surface area contributed by atoms with E-state index in [1.165, 1.54) is 25.0 Å². The summed E-state index contributed by atoms with van der Waals surface area (Å²) in [7, 11) is 2.33. The van der Waals surface area contributed by atoms with E-state index in [4.69, 9.17) is 0 Å². The first-order valence-electron chi connectivity index (χ1n) is 5.43. The molecule has 0 heterocycles. The van der Waals surface area contributed by atoms with Gasteiger partial charge in [-0.25, -0.2) is 0 Å². The molecule has 1 atom stereocenters. The van der Waals surface area contributed by atoms with Crippen molar-refractivity contribution in [3.8, 4) is 0 Å². The molecule has 0 bridgehead atoms. The van der Waals surface area contributed by atoms with E-state index in [1.807, 2.05) is 12.2 Å². The standard InChI is InChI=1S/C12H20BN/c1-3-8-14(9-4-2)12-7-5-6-11(13)10-12/h3-4,7,11H,1-2,5-6,8-10,13H2. The Labute approximate surface area is 88.6 Å². The van der Waals surface area contributed by atoms with E-state index in [0.717, 1.165) is 18.9 Å². The van der Waals surface area contributed by atoms with E-state index in [9.17, 15) is 0 Å². The number of nitrogens with zero attached hydrogens (tertiary/aromatic N) is 1. The molecule has 0 spiro atoms. The van der Waals surface area contributed by atoms with Crippen LogP contribution in [0, 0.1) is 0 Å². The fourth-order valence-corrected chi connectivity index (χ4v) is 1.96. The van der Waals surface area contributed by atoms with Crippen LogP contribution in [-0.2, 0) is 0 Å². The second-order valence-corrected chi connectivity index (χ2v) is 4.06. The summed E-state index contributed by atoms with van der Waals surface area (Å²) in [5.41, 5.74) is 1.48. The maximum atomic E-state index is 3.79. The lowest BCUT2D eigenvalue weighted by Crippen LogP contribution is -2.25. The van der Waals surface area contributed by atoms with E-state index in [0.29, 0.717) is 0 Å². The molecular formula is C12H20BN. The molecule has 1 aliphatic rings. The fourth-order valence-electron chi connectivity index (χ4n) is 1.96. The lowest BCUT2D eigenvalue weighted by atomic mass is 9.77. The van der Waals surface area contributed by atoms with Crippen molar-refractivity contribution < 1.29 is 0 Å². The summed E-state index contributed by atoms with van der Waals surface area (Å²) < 4.78 is 0. The molecule has 1 unspecified atom stereocenters. The Hall–Kier alpha value is -0.915. The molecule has 1 nitrogen and oxygen atoms in total. The molecule has 0 amide bonds. The molecule has 0 N–H and O–H groups in total. The van der Waals surface area contributed by atoms with Crippen LogP contribution < -0.4 is 0 Å². The van der Waals surface area contributed by atoms with Crippen molar-refractivity contribution in [1.82, 2.24) is 4.90 Å². The molecule has 0 fully saturated rings. The molecule has 0 saturated heterocycles. The summed E-state index contributed by atoms with van der Waals surface area (Å²) >= 11 is 0. The quantitative estimate of drug-likeness (QED) is 0.473. The van der Waals surface area contributed by atoms with Crippen molar-refractivity contribution in [3.05, 3.63) is 37.1 Å². The van der Waals surface area contributed by atoms with Crippen molar-refractivity contribution in [3.63, 3.8) is 0 Å². The van der Waals surface area contributed by atoms with Crippen LogP contribution in [0.3, 0.4) is 0 Å². The van der Waals surface area contributed by atoms with E-state index in [1.54, 1.807) is 0 Å². The first kappa shape index (κ1) is 11.2. The van der Waals surface area contributed by atoms with Crippen LogP contribution in [0.15, 0.2) is 37.1 Å². The van der Waals surface area contributed by atoms with Gasteiger partial charge in [-0.1, -0.05) is 30.5 Å². The third-order valence-corrected chi connectivity index (χ3v) is 2.70. The van der Waals surface area contributed by atoms with Gasteiger partial charge in [0.25, 0.3) is 0 Å². The van der Waals surface area contributed by atoms with Crippen LogP contribution in [-0.4, -0.2) is 25.8 Å². The van der Waals surface area contributed by atoms with Crippen LogP contribution in [0.1, 0.15) is 19.3 Å².